The number of hydrogen-bond donors (Lipinski definition) is 1. The Bertz CT molecular complexity index is 1650. The Morgan fingerprint density at radius 2 is 1.45 bits per heavy atom. The van der Waals surface area contributed by atoms with E-state index < -0.39 is 17.8 Å². The van der Waals surface area contributed by atoms with Gasteiger partial charge in [0, 0.05) is 11.8 Å². The molecule has 9 nitrogen and oxygen atoms in total. The molecule has 0 saturated heterocycles. The summed E-state index contributed by atoms with van der Waals surface area (Å²) >= 11 is 6.27. The summed E-state index contributed by atoms with van der Waals surface area (Å²) in [7, 11) is 2.89. The predicted octanol–water partition coefficient (Wildman–Crippen LogP) is 5.94. The molecule has 4 aromatic carbocycles. The Hall–Kier alpha value is -5.28. The zero-order valence-electron chi connectivity index (χ0n) is 22.6. The minimum Gasteiger partial charge on any atom is -0.497 e. The molecule has 5 rings (SSSR count). The van der Waals surface area contributed by atoms with Gasteiger partial charge >= 0.3 is 5.97 Å². The van der Waals surface area contributed by atoms with Crippen LogP contribution in [0.1, 0.15) is 15.9 Å². The molecule has 0 unspecified atom stereocenters. The topological polar surface area (TPSA) is 103 Å². The number of esters is 1. The lowest BCUT2D eigenvalue weighted by molar-refractivity contribution is -0.120. The highest BCUT2D eigenvalue weighted by molar-refractivity contribution is 6.53. The molecule has 0 radical (unpaired) electrons. The van der Waals surface area contributed by atoms with E-state index in [0.29, 0.717) is 35.3 Å². The molecule has 212 valence electrons. The van der Waals surface area contributed by atoms with E-state index in [2.05, 4.69) is 5.32 Å². The maximum Gasteiger partial charge on any atom is 0.343 e. The van der Waals surface area contributed by atoms with E-state index in [-0.39, 0.29) is 22.0 Å². The Balaban J connectivity index is 1.22. The molecule has 4 aromatic rings. The highest BCUT2D eigenvalue weighted by Crippen LogP contribution is 2.38. The van der Waals surface area contributed by atoms with Gasteiger partial charge in [-0.05, 0) is 66.2 Å². The molecule has 0 saturated carbocycles. The van der Waals surface area contributed by atoms with Crippen LogP contribution in [0.5, 0.6) is 23.0 Å². The highest BCUT2D eigenvalue weighted by atomic mass is 35.5. The molecule has 0 bridgehead atoms. The SMILES string of the molecule is COc1ccc(OC)c(N2C(=O)C(Cl)=C(Nc3ccc(C(=O)Oc4ccc(OCc5ccccc5)cc4)cc3)C2=O)c1. The summed E-state index contributed by atoms with van der Waals surface area (Å²) in [6, 6.07) is 27.5. The summed E-state index contributed by atoms with van der Waals surface area (Å²) in [6.07, 6.45) is 0. The first-order valence-electron chi connectivity index (χ1n) is 12.7. The highest BCUT2D eigenvalue weighted by Gasteiger charge is 2.40. The van der Waals surface area contributed by atoms with Crippen molar-refractivity contribution >= 4 is 40.8 Å². The van der Waals surface area contributed by atoms with Gasteiger partial charge in [-0.2, -0.15) is 0 Å². The average Bonchev–Trinajstić information content (AvgIpc) is 3.23. The molecule has 10 heteroatoms. The van der Waals surface area contributed by atoms with Crippen molar-refractivity contribution < 1.29 is 33.3 Å². The van der Waals surface area contributed by atoms with Crippen molar-refractivity contribution in [3.63, 3.8) is 0 Å². The van der Waals surface area contributed by atoms with Crippen LogP contribution in [0.2, 0.25) is 0 Å². The number of imide groups is 1. The van der Waals surface area contributed by atoms with Crippen LogP contribution in [0.15, 0.2) is 108 Å². The normalized spacial score (nSPS) is 12.8. The van der Waals surface area contributed by atoms with Crippen molar-refractivity contribution in [3.05, 3.63) is 119 Å². The fraction of sp³-hybridized carbons (Fsp3) is 0.0938. The van der Waals surface area contributed by atoms with E-state index >= 15 is 0 Å². The van der Waals surface area contributed by atoms with Crippen LogP contribution < -0.4 is 29.2 Å². The van der Waals surface area contributed by atoms with Crippen LogP contribution >= 0.6 is 11.6 Å². The van der Waals surface area contributed by atoms with Crippen LogP contribution in [0.25, 0.3) is 0 Å². The summed E-state index contributed by atoms with van der Waals surface area (Å²) in [5, 5.41) is 2.59. The maximum absolute atomic E-state index is 13.2. The number of carbonyl (C=O) groups excluding carboxylic acids is 3. The van der Waals surface area contributed by atoms with E-state index in [9.17, 15) is 14.4 Å². The van der Waals surface area contributed by atoms with Crippen molar-refractivity contribution in [1.29, 1.82) is 0 Å². The molecule has 0 spiro atoms. The molecule has 0 fully saturated rings. The van der Waals surface area contributed by atoms with E-state index in [0.717, 1.165) is 10.5 Å². The van der Waals surface area contributed by atoms with Gasteiger partial charge in [0.2, 0.25) is 0 Å². The quantitative estimate of drug-likeness (QED) is 0.139. The Morgan fingerprint density at radius 3 is 2.12 bits per heavy atom. The third-order valence-corrected chi connectivity index (χ3v) is 6.68. The summed E-state index contributed by atoms with van der Waals surface area (Å²) in [5.41, 5.74) is 1.83. The van der Waals surface area contributed by atoms with Crippen LogP contribution in [-0.4, -0.2) is 32.0 Å². The standard InChI is InChI=1S/C32H25ClN2O7/c1-39-25-16-17-27(40-2)26(18-25)35-30(36)28(33)29(31(35)37)34-22-10-8-21(9-11-22)32(38)42-24-14-12-23(13-15-24)41-19-20-6-4-3-5-7-20/h3-18,34H,19H2,1-2H3. The molecule has 1 aliphatic rings. The first kappa shape index (κ1) is 28.3. The number of benzene rings is 4. The average molecular weight is 585 g/mol. The second-order valence-electron chi connectivity index (χ2n) is 9.01. The van der Waals surface area contributed by atoms with E-state index in [1.165, 1.54) is 32.4 Å². The first-order chi connectivity index (χ1) is 20.4. The number of nitrogens with one attached hydrogen (secondary N) is 1. The van der Waals surface area contributed by atoms with Crippen LogP contribution in [0.4, 0.5) is 11.4 Å². The summed E-state index contributed by atoms with van der Waals surface area (Å²) in [5.74, 6) is -0.234. The van der Waals surface area contributed by atoms with Gasteiger partial charge in [0.05, 0.1) is 25.5 Å². The van der Waals surface area contributed by atoms with Gasteiger partial charge < -0.3 is 24.3 Å². The van der Waals surface area contributed by atoms with Gasteiger partial charge in [-0.3, -0.25) is 9.59 Å². The van der Waals surface area contributed by atoms with Gasteiger partial charge in [0.25, 0.3) is 11.8 Å². The first-order valence-corrected chi connectivity index (χ1v) is 13.1. The van der Waals surface area contributed by atoms with E-state index in [1.54, 1.807) is 48.5 Å². The monoisotopic (exact) mass is 584 g/mol. The van der Waals surface area contributed by atoms with Crippen molar-refractivity contribution in [2.45, 2.75) is 6.61 Å². The van der Waals surface area contributed by atoms with Crippen molar-refractivity contribution in [1.82, 2.24) is 0 Å². The van der Waals surface area contributed by atoms with Gasteiger partial charge in [-0.25, -0.2) is 9.69 Å². The molecule has 2 amide bonds. The van der Waals surface area contributed by atoms with Crippen molar-refractivity contribution in [3.8, 4) is 23.0 Å². The van der Waals surface area contributed by atoms with E-state index in [1.807, 2.05) is 30.3 Å². The van der Waals surface area contributed by atoms with Crippen molar-refractivity contribution in [2.24, 2.45) is 0 Å². The minimum absolute atomic E-state index is 0.114. The van der Waals surface area contributed by atoms with Crippen LogP contribution in [0.3, 0.4) is 0 Å². The summed E-state index contributed by atoms with van der Waals surface area (Å²) in [6.45, 7) is 0.426. The van der Waals surface area contributed by atoms with E-state index in [4.69, 9.17) is 30.5 Å². The fourth-order valence-electron chi connectivity index (χ4n) is 4.15. The molecule has 1 aliphatic heterocycles. The predicted molar refractivity (Wildman–Crippen MR) is 157 cm³/mol. The summed E-state index contributed by atoms with van der Waals surface area (Å²) < 4.78 is 21.8. The lowest BCUT2D eigenvalue weighted by Crippen LogP contribution is -2.32. The number of nitrogens with zero attached hydrogens (tertiary/aromatic N) is 1. The number of methoxy groups -OCH3 is 2. The smallest absolute Gasteiger partial charge is 0.343 e. The zero-order chi connectivity index (χ0) is 29.6. The number of amides is 2. The Kier molecular flexibility index (Phi) is 8.40. The van der Waals surface area contributed by atoms with Crippen LogP contribution in [0, 0.1) is 0 Å². The van der Waals surface area contributed by atoms with Crippen LogP contribution in [-0.2, 0) is 16.2 Å². The summed E-state index contributed by atoms with van der Waals surface area (Å²) in [4.78, 5) is 39.8. The number of rotatable bonds is 10. The second kappa shape index (κ2) is 12.5. The fourth-order valence-corrected chi connectivity index (χ4v) is 4.36. The minimum atomic E-state index is -0.715. The third-order valence-electron chi connectivity index (χ3n) is 6.33. The molecule has 0 atom stereocenters. The molecule has 0 aromatic heterocycles. The number of halogens is 1. The van der Waals surface area contributed by atoms with Crippen molar-refractivity contribution in [2.75, 3.05) is 24.4 Å². The lowest BCUT2D eigenvalue weighted by Gasteiger charge is -2.19. The second-order valence-corrected chi connectivity index (χ2v) is 9.39. The molecular formula is C32H25ClN2O7. The number of hydrogen-bond acceptors (Lipinski definition) is 8. The van der Waals surface area contributed by atoms with Gasteiger partial charge in [0.1, 0.15) is 40.3 Å². The molecule has 1 N–H and O–H groups in total. The van der Waals surface area contributed by atoms with Gasteiger partial charge in [-0.15, -0.1) is 0 Å². The van der Waals surface area contributed by atoms with Gasteiger partial charge in [-0.1, -0.05) is 41.9 Å². The van der Waals surface area contributed by atoms with Gasteiger partial charge in [0.15, 0.2) is 0 Å². The zero-order valence-corrected chi connectivity index (χ0v) is 23.4. The number of anilines is 2. The largest absolute Gasteiger partial charge is 0.497 e. The number of ether oxygens (including phenoxy) is 4. The third kappa shape index (κ3) is 6.06. The molecular weight excluding hydrogens is 560 g/mol. The number of carbonyl (C=O) groups is 3. The Morgan fingerprint density at radius 1 is 0.786 bits per heavy atom. The lowest BCUT2D eigenvalue weighted by atomic mass is 10.2. The molecule has 1 heterocycles. The molecule has 0 aliphatic carbocycles. The molecule has 42 heavy (non-hydrogen) atoms. The maximum atomic E-state index is 13.2. The Labute approximate surface area is 246 Å².